The highest BCUT2D eigenvalue weighted by Crippen LogP contribution is 2.18. The van der Waals surface area contributed by atoms with Gasteiger partial charge >= 0.3 is 0 Å². The average Bonchev–Trinajstić information content (AvgIpc) is 2.58. The minimum atomic E-state index is -0.209. The van der Waals surface area contributed by atoms with Gasteiger partial charge in [0, 0.05) is 7.05 Å². The molecule has 1 aromatic heterocycles. The molecule has 0 aromatic carbocycles. The van der Waals surface area contributed by atoms with Crippen molar-refractivity contribution in [3.8, 4) is 0 Å². The van der Waals surface area contributed by atoms with Gasteiger partial charge in [0.05, 0.1) is 0 Å². The van der Waals surface area contributed by atoms with E-state index in [9.17, 15) is 9.59 Å². The van der Waals surface area contributed by atoms with Crippen molar-refractivity contribution < 1.29 is 9.59 Å². The molecule has 1 aliphatic rings. The SMILES string of the molecule is C1CCNCC1.CC.CNc1ncnc(NC=O)c1C(C)=O. The van der Waals surface area contributed by atoms with E-state index >= 15 is 0 Å². The lowest BCUT2D eigenvalue weighted by atomic mass is 10.2. The summed E-state index contributed by atoms with van der Waals surface area (Å²) in [6.07, 6.45) is 5.95. The second-order valence-corrected chi connectivity index (χ2v) is 4.32. The number of nitrogens with one attached hydrogen (secondary N) is 3. The fourth-order valence-corrected chi connectivity index (χ4v) is 1.88. The highest BCUT2D eigenvalue weighted by molar-refractivity contribution is 6.04. The molecule has 1 aromatic rings. The summed E-state index contributed by atoms with van der Waals surface area (Å²) >= 11 is 0. The maximum absolute atomic E-state index is 11.2. The maximum Gasteiger partial charge on any atom is 0.212 e. The molecule has 0 spiro atoms. The van der Waals surface area contributed by atoms with Crippen LogP contribution in [0.1, 0.15) is 50.4 Å². The number of piperidine rings is 1. The van der Waals surface area contributed by atoms with Crippen molar-refractivity contribution in [2.45, 2.75) is 40.0 Å². The number of hydrogen-bond donors (Lipinski definition) is 3. The van der Waals surface area contributed by atoms with E-state index in [1.807, 2.05) is 13.8 Å². The Morgan fingerprint density at radius 3 is 2.14 bits per heavy atom. The van der Waals surface area contributed by atoms with Gasteiger partial charge in [0.2, 0.25) is 6.41 Å². The van der Waals surface area contributed by atoms with Crippen LogP contribution in [0.4, 0.5) is 11.6 Å². The Hall–Kier alpha value is -2.02. The van der Waals surface area contributed by atoms with Crippen molar-refractivity contribution in [2.75, 3.05) is 30.8 Å². The van der Waals surface area contributed by atoms with Gasteiger partial charge in [-0.3, -0.25) is 9.59 Å². The van der Waals surface area contributed by atoms with E-state index in [0.717, 1.165) is 0 Å². The van der Waals surface area contributed by atoms with Gasteiger partial charge in [-0.05, 0) is 32.9 Å². The standard InChI is InChI=1S/C8H10N4O2.C5H11N.C2H6/c1-5(14)6-7(9-2)10-3-11-8(6)12-4-13;1-2-4-6-5-3-1;1-2/h3-4H,1-2H3,(H2,9,10,11,12,13);6H,1-5H2;1-2H3. The van der Waals surface area contributed by atoms with Crippen LogP contribution in [0, 0.1) is 0 Å². The van der Waals surface area contributed by atoms with Gasteiger partial charge in [-0.1, -0.05) is 20.3 Å². The molecule has 0 saturated carbocycles. The van der Waals surface area contributed by atoms with E-state index in [1.165, 1.54) is 45.6 Å². The molecule has 0 atom stereocenters. The summed E-state index contributed by atoms with van der Waals surface area (Å²) in [6, 6.07) is 0. The highest BCUT2D eigenvalue weighted by atomic mass is 16.1. The lowest BCUT2D eigenvalue weighted by molar-refractivity contribution is -0.105. The molecule has 0 unspecified atom stereocenters. The molecule has 124 valence electrons. The average molecular weight is 309 g/mol. The van der Waals surface area contributed by atoms with Crippen molar-refractivity contribution in [1.82, 2.24) is 15.3 Å². The quantitative estimate of drug-likeness (QED) is 0.582. The van der Waals surface area contributed by atoms with Crippen LogP contribution in [0.5, 0.6) is 0 Å². The second kappa shape index (κ2) is 12.7. The molecule has 2 rings (SSSR count). The molecule has 3 N–H and O–H groups in total. The Labute approximate surface area is 132 Å². The first kappa shape index (κ1) is 20.0. The fraction of sp³-hybridized carbons (Fsp3) is 0.600. The van der Waals surface area contributed by atoms with Gasteiger partial charge in [-0.25, -0.2) is 9.97 Å². The molecule has 7 nitrogen and oxygen atoms in total. The molecule has 1 saturated heterocycles. The highest BCUT2D eigenvalue weighted by Gasteiger charge is 2.13. The van der Waals surface area contributed by atoms with Gasteiger partial charge in [0.25, 0.3) is 0 Å². The molecular weight excluding hydrogens is 282 g/mol. The normalized spacial score (nSPS) is 12.7. The van der Waals surface area contributed by atoms with Gasteiger partial charge in [-0.2, -0.15) is 0 Å². The van der Waals surface area contributed by atoms with E-state index in [-0.39, 0.29) is 17.2 Å². The Balaban J connectivity index is 0.000000457. The number of nitrogens with zero attached hydrogens (tertiary/aromatic N) is 2. The Morgan fingerprint density at radius 1 is 1.18 bits per heavy atom. The number of hydrogen-bond acceptors (Lipinski definition) is 6. The van der Waals surface area contributed by atoms with Crippen LogP contribution in [0.2, 0.25) is 0 Å². The molecule has 7 heteroatoms. The smallest absolute Gasteiger partial charge is 0.212 e. The molecule has 1 aliphatic heterocycles. The topological polar surface area (TPSA) is 96.0 Å². The number of aromatic nitrogens is 2. The lowest BCUT2D eigenvalue weighted by Crippen LogP contribution is -2.21. The van der Waals surface area contributed by atoms with E-state index in [1.54, 1.807) is 7.05 Å². The molecule has 2 heterocycles. The summed E-state index contributed by atoms with van der Waals surface area (Å²) < 4.78 is 0. The number of carbonyl (C=O) groups is 2. The van der Waals surface area contributed by atoms with Gasteiger partial charge in [-0.15, -0.1) is 0 Å². The second-order valence-electron chi connectivity index (χ2n) is 4.32. The van der Waals surface area contributed by atoms with E-state index in [4.69, 9.17) is 0 Å². The number of amides is 1. The lowest BCUT2D eigenvalue weighted by Gasteiger charge is -2.08. The number of Topliss-reactive ketones (excluding diaryl/α,β-unsaturated/α-hetero) is 1. The van der Waals surface area contributed by atoms with Crippen molar-refractivity contribution in [2.24, 2.45) is 0 Å². The number of anilines is 2. The van der Waals surface area contributed by atoms with Gasteiger partial charge < -0.3 is 16.0 Å². The molecule has 22 heavy (non-hydrogen) atoms. The minimum absolute atomic E-state index is 0.209. The fourth-order valence-electron chi connectivity index (χ4n) is 1.88. The molecular formula is C15H27N5O2. The summed E-state index contributed by atoms with van der Waals surface area (Å²) in [5, 5.41) is 8.37. The molecule has 0 bridgehead atoms. The van der Waals surface area contributed by atoms with Crippen LogP contribution >= 0.6 is 0 Å². The molecule has 0 aliphatic carbocycles. The van der Waals surface area contributed by atoms with Crippen LogP contribution in [-0.2, 0) is 4.79 Å². The third-order valence-electron chi connectivity index (χ3n) is 2.84. The summed E-state index contributed by atoms with van der Waals surface area (Å²) in [5.74, 6) is 0.406. The van der Waals surface area contributed by atoms with E-state index in [0.29, 0.717) is 12.2 Å². The Kier molecular flexibility index (Phi) is 11.5. The Bertz CT molecular complexity index is 436. The zero-order valence-corrected chi connectivity index (χ0v) is 13.9. The van der Waals surface area contributed by atoms with Crippen LogP contribution in [-0.4, -0.2) is 42.3 Å². The first-order valence-electron chi connectivity index (χ1n) is 7.65. The largest absolute Gasteiger partial charge is 0.372 e. The number of rotatable bonds is 4. The van der Waals surface area contributed by atoms with Crippen LogP contribution in [0.15, 0.2) is 6.33 Å². The van der Waals surface area contributed by atoms with Crippen molar-refractivity contribution in [3.05, 3.63) is 11.9 Å². The first-order chi connectivity index (χ1) is 10.7. The van der Waals surface area contributed by atoms with Crippen LogP contribution < -0.4 is 16.0 Å². The number of ketones is 1. The van der Waals surface area contributed by atoms with Crippen molar-refractivity contribution in [1.29, 1.82) is 0 Å². The molecule has 1 amide bonds. The minimum Gasteiger partial charge on any atom is -0.372 e. The predicted molar refractivity (Wildman–Crippen MR) is 89.3 cm³/mol. The summed E-state index contributed by atoms with van der Waals surface area (Å²) in [5.41, 5.74) is 0.280. The van der Waals surface area contributed by atoms with E-state index in [2.05, 4.69) is 25.9 Å². The van der Waals surface area contributed by atoms with Gasteiger partial charge in [0.1, 0.15) is 23.5 Å². The number of carbonyl (C=O) groups excluding carboxylic acids is 2. The van der Waals surface area contributed by atoms with Gasteiger partial charge in [0.15, 0.2) is 5.78 Å². The summed E-state index contributed by atoms with van der Waals surface area (Å²) in [4.78, 5) is 29.1. The Morgan fingerprint density at radius 2 is 1.77 bits per heavy atom. The maximum atomic E-state index is 11.2. The molecule has 1 fully saturated rings. The summed E-state index contributed by atoms with van der Waals surface area (Å²) in [6.45, 7) is 7.88. The third kappa shape index (κ3) is 7.12. The van der Waals surface area contributed by atoms with Crippen molar-refractivity contribution in [3.63, 3.8) is 0 Å². The first-order valence-corrected chi connectivity index (χ1v) is 7.65. The summed E-state index contributed by atoms with van der Waals surface area (Å²) in [7, 11) is 1.64. The van der Waals surface area contributed by atoms with E-state index < -0.39 is 0 Å². The third-order valence-corrected chi connectivity index (χ3v) is 2.84. The predicted octanol–water partition coefficient (Wildman–Crippen LogP) is 2.08. The van der Waals surface area contributed by atoms with Crippen molar-refractivity contribution >= 4 is 23.8 Å². The van der Waals surface area contributed by atoms with Crippen LogP contribution in [0.25, 0.3) is 0 Å². The zero-order valence-electron chi connectivity index (χ0n) is 13.9. The monoisotopic (exact) mass is 309 g/mol. The van der Waals surface area contributed by atoms with Crippen LogP contribution in [0.3, 0.4) is 0 Å². The molecule has 0 radical (unpaired) electrons. The zero-order chi connectivity index (χ0) is 16.8.